The zero-order valence-electron chi connectivity index (χ0n) is 23.7. The van der Waals surface area contributed by atoms with E-state index < -0.39 is 19.3 Å². The molecule has 1 aromatic carbocycles. The van der Waals surface area contributed by atoms with Crippen LogP contribution in [0.4, 0.5) is 4.79 Å². The number of carbonyl (C=O) groups is 1. The molecule has 3 aromatic rings. The molecule has 0 radical (unpaired) electrons. The maximum Gasteiger partial charge on any atom is 0.410 e. The molecule has 0 atom stereocenters. The van der Waals surface area contributed by atoms with Crippen molar-refractivity contribution >= 4 is 17.0 Å². The normalized spacial score (nSPS) is 17.9. The van der Waals surface area contributed by atoms with Gasteiger partial charge < -0.3 is 14.2 Å². The Bertz CT molecular complexity index is 1270. The van der Waals surface area contributed by atoms with E-state index in [0.29, 0.717) is 32.5 Å². The van der Waals surface area contributed by atoms with E-state index in [9.17, 15) is 4.79 Å². The summed E-state index contributed by atoms with van der Waals surface area (Å²) in [6, 6.07) is 8.50. The number of ether oxygens (including phenoxy) is 1. The number of hydrogen-bond acceptors (Lipinski definition) is 3. The molecule has 0 unspecified atom stereocenters. The first-order valence-corrected chi connectivity index (χ1v) is 10.2. The van der Waals surface area contributed by atoms with E-state index in [1.165, 1.54) is 6.07 Å². The fraction of sp³-hybridized carbons (Fsp3) is 0.440. The zero-order valence-corrected chi connectivity index (χ0v) is 17.7. The predicted octanol–water partition coefficient (Wildman–Crippen LogP) is 5.19. The molecule has 0 N–H and O–H groups in total. The van der Waals surface area contributed by atoms with Gasteiger partial charge in [0, 0.05) is 61.8 Å². The monoisotopic (exact) mass is 411 g/mol. The first-order chi connectivity index (χ1) is 16.6. The van der Waals surface area contributed by atoms with Crippen LogP contribution in [0.2, 0.25) is 0 Å². The lowest BCUT2D eigenvalue weighted by atomic mass is 10.0. The molecular formula is C25H31N3O2. The molecule has 2 aromatic heterocycles. The van der Waals surface area contributed by atoms with Crippen LogP contribution in [0, 0.1) is 13.7 Å². The molecule has 0 bridgehead atoms. The summed E-state index contributed by atoms with van der Waals surface area (Å²) in [5.41, 5.74) is 3.53. The Labute approximate surface area is 187 Å². The van der Waals surface area contributed by atoms with Crippen LogP contribution in [0.15, 0.2) is 36.5 Å². The quantitative estimate of drug-likeness (QED) is 0.596. The molecule has 0 fully saturated rings. The number of nitrogens with zero attached hydrogens (tertiary/aromatic N) is 3. The van der Waals surface area contributed by atoms with Crippen molar-refractivity contribution in [2.75, 3.05) is 6.54 Å². The molecule has 4 rings (SSSR count). The lowest BCUT2D eigenvalue weighted by Crippen LogP contribution is -2.40. The number of aryl methyl sites for hydroxylation is 4. The van der Waals surface area contributed by atoms with Crippen LogP contribution in [0.5, 0.6) is 0 Å². The Morgan fingerprint density at radius 1 is 1.23 bits per heavy atom. The average molecular weight is 412 g/mol. The number of amides is 1. The van der Waals surface area contributed by atoms with Crippen molar-refractivity contribution in [2.45, 2.75) is 66.0 Å². The minimum Gasteiger partial charge on any atom is -0.444 e. The van der Waals surface area contributed by atoms with Gasteiger partial charge in [0.25, 0.3) is 0 Å². The molecule has 0 saturated carbocycles. The van der Waals surface area contributed by atoms with E-state index in [1.54, 1.807) is 29.3 Å². The van der Waals surface area contributed by atoms with E-state index in [-0.39, 0.29) is 17.4 Å². The van der Waals surface area contributed by atoms with Crippen LogP contribution < -0.4 is 0 Å². The summed E-state index contributed by atoms with van der Waals surface area (Å²) < 4.78 is 53.8. The standard InChI is InChI=1S/C25H31N3O2/c1-17-6-9-22-20(14-17)21-16-27(24(29)30-25(3,4)5)12-11-23(21)28(22)13-10-19-8-7-18(2)26-15-19/h6-9,14-15H,10-13,16H2,1-5H3/i1D3,2D3. The van der Waals surface area contributed by atoms with Gasteiger partial charge in [-0.15, -0.1) is 0 Å². The minimum atomic E-state index is -2.24. The summed E-state index contributed by atoms with van der Waals surface area (Å²) in [6.07, 6.45) is 2.45. The van der Waals surface area contributed by atoms with Gasteiger partial charge in [0.2, 0.25) is 0 Å². The van der Waals surface area contributed by atoms with Gasteiger partial charge in [0.05, 0.1) is 6.54 Å². The van der Waals surface area contributed by atoms with Crippen LogP contribution in [-0.4, -0.2) is 32.7 Å². The van der Waals surface area contributed by atoms with Gasteiger partial charge in [0.1, 0.15) is 5.60 Å². The highest BCUT2D eigenvalue weighted by molar-refractivity contribution is 5.87. The molecule has 5 nitrogen and oxygen atoms in total. The summed E-state index contributed by atoms with van der Waals surface area (Å²) in [6.45, 7) is 2.46. The van der Waals surface area contributed by atoms with Crippen molar-refractivity contribution in [2.24, 2.45) is 0 Å². The van der Waals surface area contributed by atoms with E-state index in [2.05, 4.69) is 9.55 Å². The van der Waals surface area contributed by atoms with Gasteiger partial charge in [-0.1, -0.05) is 17.7 Å². The maximum absolute atomic E-state index is 12.8. The van der Waals surface area contributed by atoms with Gasteiger partial charge in [0.15, 0.2) is 0 Å². The van der Waals surface area contributed by atoms with Crippen molar-refractivity contribution < 1.29 is 17.8 Å². The molecule has 3 heterocycles. The fourth-order valence-electron chi connectivity index (χ4n) is 4.00. The van der Waals surface area contributed by atoms with Gasteiger partial charge in [-0.25, -0.2) is 4.79 Å². The predicted molar refractivity (Wildman–Crippen MR) is 120 cm³/mol. The Hall–Kier alpha value is -2.82. The van der Waals surface area contributed by atoms with Gasteiger partial charge in [-0.2, -0.15) is 0 Å². The smallest absolute Gasteiger partial charge is 0.410 e. The number of fused-ring (bicyclic) bond motifs is 3. The van der Waals surface area contributed by atoms with Crippen molar-refractivity contribution in [3.05, 3.63) is 64.6 Å². The third-order valence-corrected chi connectivity index (χ3v) is 5.35. The second-order valence-corrected chi connectivity index (χ2v) is 8.76. The lowest BCUT2D eigenvalue weighted by molar-refractivity contribution is 0.0223. The molecule has 0 spiro atoms. The molecule has 5 heteroatoms. The van der Waals surface area contributed by atoms with Crippen LogP contribution in [0.1, 0.15) is 57.1 Å². The minimum absolute atomic E-state index is 0.0643. The third kappa shape index (κ3) is 4.20. The highest BCUT2D eigenvalue weighted by Crippen LogP contribution is 2.32. The SMILES string of the molecule is [2H]C([2H])([2H])c1ccc2c(c1)c1c(n2CCc2ccc(C([2H])([2H])[2H])nc2)CCN(C(=O)OC(C)(C)C)C1. The van der Waals surface area contributed by atoms with Gasteiger partial charge in [-0.05, 0) is 64.7 Å². The number of benzene rings is 1. The number of hydrogen-bond donors (Lipinski definition) is 0. The zero-order chi connectivity index (χ0) is 26.5. The number of carbonyl (C=O) groups excluding carboxylic acids is 1. The van der Waals surface area contributed by atoms with Crippen LogP contribution in [-0.2, 0) is 30.7 Å². The highest BCUT2D eigenvalue weighted by Gasteiger charge is 2.29. The van der Waals surface area contributed by atoms with E-state index >= 15 is 0 Å². The van der Waals surface area contributed by atoms with Crippen molar-refractivity contribution in [1.82, 2.24) is 14.5 Å². The number of rotatable bonds is 3. The first kappa shape index (κ1) is 14.2. The van der Waals surface area contributed by atoms with Crippen molar-refractivity contribution in [3.63, 3.8) is 0 Å². The molecule has 0 saturated heterocycles. The molecule has 0 aliphatic carbocycles. The third-order valence-electron chi connectivity index (χ3n) is 5.35. The van der Waals surface area contributed by atoms with E-state index in [1.807, 2.05) is 26.8 Å². The molecular weight excluding hydrogens is 374 g/mol. The number of pyridine rings is 1. The molecule has 30 heavy (non-hydrogen) atoms. The summed E-state index contributed by atoms with van der Waals surface area (Å²) in [5.74, 6) is 0. The largest absolute Gasteiger partial charge is 0.444 e. The fourth-order valence-corrected chi connectivity index (χ4v) is 4.00. The Balaban J connectivity index is 1.68. The van der Waals surface area contributed by atoms with Crippen LogP contribution in [0.3, 0.4) is 0 Å². The second-order valence-electron chi connectivity index (χ2n) is 8.76. The Morgan fingerprint density at radius 2 is 2.10 bits per heavy atom. The van der Waals surface area contributed by atoms with E-state index in [0.717, 1.165) is 27.7 Å². The summed E-state index contributed by atoms with van der Waals surface area (Å²) in [4.78, 5) is 18.5. The highest BCUT2D eigenvalue weighted by atomic mass is 16.6. The second kappa shape index (κ2) is 7.78. The van der Waals surface area contributed by atoms with Crippen molar-refractivity contribution in [3.8, 4) is 0 Å². The topological polar surface area (TPSA) is 47.4 Å². The first-order valence-electron chi connectivity index (χ1n) is 13.2. The summed E-state index contributed by atoms with van der Waals surface area (Å²) in [5, 5.41) is 0.822. The molecule has 1 aliphatic heterocycles. The van der Waals surface area contributed by atoms with E-state index in [4.69, 9.17) is 13.0 Å². The Morgan fingerprint density at radius 3 is 2.80 bits per heavy atom. The van der Waals surface area contributed by atoms with Gasteiger partial charge in [-0.3, -0.25) is 4.98 Å². The number of aromatic nitrogens is 2. The maximum atomic E-state index is 12.8. The van der Waals surface area contributed by atoms with Gasteiger partial charge >= 0.3 is 6.09 Å². The molecule has 1 aliphatic rings. The summed E-state index contributed by atoms with van der Waals surface area (Å²) >= 11 is 0. The average Bonchev–Trinajstić information content (AvgIpc) is 3.08. The van der Waals surface area contributed by atoms with Crippen molar-refractivity contribution in [1.29, 1.82) is 0 Å². The Kier molecular flexibility index (Phi) is 3.69. The lowest BCUT2D eigenvalue weighted by Gasteiger charge is -2.30. The van der Waals surface area contributed by atoms with Crippen LogP contribution in [0.25, 0.3) is 10.9 Å². The molecule has 1 amide bonds. The summed E-state index contributed by atoms with van der Waals surface area (Å²) in [7, 11) is 0. The molecule has 158 valence electrons. The van der Waals surface area contributed by atoms with Crippen LogP contribution >= 0.6 is 0 Å².